The van der Waals surface area contributed by atoms with Gasteiger partial charge < -0.3 is 20.7 Å². The Bertz CT molecular complexity index is 396. The normalized spacial score (nSPS) is 14.4. The van der Waals surface area contributed by atoms with E-state index >= 15 is 0 Å². The predicted octanol–water partition coefficient (Wildman–Crippen LogP) is 0.888. The second-order valence-corrected chi connectivity index (χ2v) is 4.70. The SMILES string of the molecule is CCCC(C)(O)CNC(=O)c1cc(N)cn1C. The minimum atomic E-state index is -0.860. The van der Waals surface area contributed by atoms with Gasteiger partial charge >= 0.3 is 0 Å². The van der Waals surface area contributed by atoms with Gasteiger partial charge in [-0.1, -0.05) is 13.3 Å². The number of anilines is 1. The van der Waals surface area contributed by atoms with Crippen LogP contribution < -0.4 is 11.1 Å². The number of amides is 1. The van der Waals surface area contributed by atoms with Gasteiger partial charge in [-0.25, -0.2) is 0 Å². The van der Waals surface area contributed by atoms with Gasteiger partial charge in [0.15, 0.2) is 0 Å². The predicted molar refractivity (Wildman–Crippen MR) is 67.7 cm³/mol. The summed E-state index contributed by atoms with van der Waals surface area (Å²) < 4.78 is 1.67. The summed E-state index contributed by atoms with van der Waals surface area (Å²) in [6.07, 6.45) is 3.21. The second-order valence-electron chi connectivity index (χ2n) is 4.70. The van der Waals surface area contributed by atoms with E-state index in [1.807, 2.05) is 6.92 Å². The van der Waals surface area contributed by atoms with Crippen LogP contribution in [-0.4, -0.2) is 27.7 Å². The molecule has 0 bridgehead atoms. The maximum absolute atomic E-state index is 11.8. The van der Waals surface area contributed by atoms with Crippen molar-refractivity contribution in [3.05, 3.63) is 18.0 Å². The van der Waals surface area contributed by atoms with Gasteiger partial charge in [0.1, 0.15) is 5.69 Å². The molecule has 0 radical (unpaired) electrons. The summed E-state index contributed by atoms with van der Waals surface area (Å²) in [7, 11) is 1.76. The first-order valence-corrected chi connectivity index (χ1v) is 5.78. The number of nitrogens with zero attached hydrogens (tertiary/aromatic N) is 1. The molecule has 0 aliphatic heterocycles. The fourth-order valence-corrected chi connectivity index (χ4v) is 1.80. The third-order valence-electron chi connectivity index (χ3n) is 2.68. The first kappa shape index (κ1) is 13.6. The zero-order valence-electron chi connectivity index (χ0n) is 10.7. The fraction of sp³-hybridized carbons (Fsp3) is 0.583. The van der Waals surface area contributed by atoms with Gasteiger partial charge in [0.2, 0.25) is 0 Å². The van der Waals surface area contributed by atoms with Crippen molar-refractivity contribution in [2.75, 3.05) is 12.3 Å². The molecule has 1 aromatic rings. The zero-order valence-corrected chi connectivity index (χ0v) is 10.7. The average Bonchev–Trinajstić information content (AvgIpc) is 2.54. The van der Waals surface area contributed by atoms with Crippen molar-refractivity contribution in [3.63, 3.8) is 0 Å². The lowest BCUT2D eigenvalue weighted by atomic mass is 10.0. The van der Waals surface area contributed by atoms with Crippen LogP contribution >= 0.6 is 0 Å². The molecule has 0 fully saturated rings. The Balaban J connectivity index is 2.59. The highest BCUT2D eigenvalue weighted by molar-refractivity contribution is 5.93. The van der Waals surface area contributed by atoms with Crippen LogP contribution in [0, 0.1) is 0 Å². The number of aromatic nitrogens is 1. The van der Waals surface area contributed by atoms with Crippen molar-refractivity contribution >= 4 is 11.6 Å². The molecule has 0 aromatic carbocycles. The maximum atomic E-state index is 11.8. The summed E-state index contributed by atoms with van der Waals surface area (Å²) >= 11 is 0. The van der Waals surface area contributed by atoms with E-state index in [-0.39, 0.29) is 12.5 Å². The molecule has 0 aliphatic carbocycles. The molecule has 1 aromatic heterocycles. The molecule has 5 heteroatoms. The molecule has 0 spiro atoms. The van der Waals surface area contributed by atoms with Crippen LogP contribution in [0.5, 0.6) is 0 Å². The molecule has 4 N–H and O–H groups in total. The van der Waals surface area contributed by atoms with E-state index in [0.717, 1.165) is 6.42 Å². The number of nitrogens with one attached hydrogen (secondary N) is 1. The van der Waals surface area contributed by atoms with Crippen molar-refractivity contribution in [2.24, 2.45) is 7.05 Å². The molecule has 1 unspecified atom stereocenters. The van der Waals surface area contributed by atoms with Crippen LogP contribution in [0.4, 0.5) is 5.69 Å². The zero-order chi connectivity index (χ0) is 13.1. The monoisotopic (exact) mass is 239 g/mol. The highest BCUT2D eigenvalue weighted by Gasteiger charge is 2.21. The Kier molecular flexibility index (Phi) is 4.17. The number of nitrogen functional groups attached to an aromatic ring is 1. The molecule has 0 aliphatic rings. The van der Waals surface area contributed by atoms with E-state index in [0.29, 0.717) is 17.8 Å². The largest absolute Gasteiger partial charge is 0.397 e. The highest BCUT2D eigenvalue weighted by atomic mass is 16.3. The van der Waals surface area contributed by atoms with Crippen LogP contribution in [0.3, 0.4) is 0 Å². The van der Waals surface area contributed by atoms with E-state index in [1.54, 1.807) is 30.8 Å². The van der Waals surface area contributed by atoms with Gasteiger partial charge in [-0.15, -0.1) is 0 Å². The topological polar surface area (TPSA) is 80.3 Å². The number of carbonyl (C=O) groups excluding carboxylic acids is 1. The molecule has 1 amide bonds. The van der Waals surface area contributed by atoms with Gasteiger partial charge in [0, 0.05) is 19.8 Å². The van der Waals surface area contributed by atoms with Gasteiger partial charge in [-0.05, 0) is 19.4 Å². The Hall–Kier alpha value is -1.49. The summed E-state index contributed by atoms with van der Waals surface area (Å²) in [6, 6.07) is 1.61. The first-order chi connectivity index (χ1) is 7.85. The summed E-state index contributed by atoms with van der Waals surface area (Å²) in [4.78, 5) is 11.8. The van der Waals surface area contributed by atoms with Crippen LogP contribution in [0.2, 0.25) is 0 Å². The molecule has 0 saturated heterocycles. The number of hydrogen-bond acceptors (Lipinski definition) is 3. The number of hydrogen-bond donors (Lipinski definition) is 3. The average molecular weight is 239 g/mol. The molecule has 1 rings (SSSR count). The van der Waals surface area contributed by atoms with Gasteiger partial charge in [-0.2, -0.15) is 0 Å². The Morgan fingerprint density at radius 3 is 2.76 bits per heavy atom. The first-order valence-electron chi connectivity index (χ1n) is 5.78. The Morgan fingerprint density at radius 1 is 1.65 bits per heavy atom. The lowest BCUT2D eigenvalue weighted by molar-refractivity contribution is 0.0467. The van der Waals surface area contributed by atoms with Gasteiger partial charge in [0.25, 0.3) is 5.91 Å². The summed E-state index contributed by atoms with van der Waals surface area (Å²) in [6.45, 7) is 3.95. The van der Waals surface area contributed by atoms with Crippen molar-refractivity contribution in [2.45, 2.75) is 32.3 Å². The Labute approximate surface area is 102 Å². The minimum absolute atomic E-state index is 0.222. The van der Waals surface area contributed by atoms with Gasteiger partial charge in [0.05, 0.1) is 11.3 Å². The van der Waals surface area contributed by atoms with E-state index in [9.17, 15) is 9.90 Å². The standard InChI is InChI=1S/C12H21N3O2/c1-4-5-12(2,17)8-14-11(16)10-6-9(13)7-15(10)3/h6-7,17H,4-5,8,13H2,1-3H3,(H,14,16). The molecule has 1 atom stereocenters. The van der Waals surface area contributed by atoms with Crippen LogP contribution in [0.15, 0.2) is 12.3 Å². The minimum Gasteiger partial charge on any atom is -0.397 e. The quantitative estimate of drug-likeness (QED) is 0.713. The maximum Gasteiger partial charge on any atom is 0.268 e. The van der Waals surface area contributed by atoms with Gasteiger partial charge in [-0.3, -0.25) is 4.79 Å². The third-order valence-corrected chi connectivity index (χ3v) is 2.68. The molecular formula is C12H21N3O2. The van der Waals surface area contributed by atoms with Crippen LogP contribution in [0.1, 0.15) is 37.2 Å². The molecule has 17 heavy (non-hydrogen) atoms. The smallest absolute Gasteiger partial charge is 0.268 e. The van der Waals surface area contributed by atoms with Crippen LogP contribution in [-0.2, 0) is 7.05 Å². The summed E-state index contributed by atoms with van der Waals surface area (Å²) in [5, 5.41) is 12.7. The van der Waals surface area contributed by atoms with E-state index in [1.165, 1.54) is 0 Å². The van der Waals surface area contributed by atoms with Crippen molar-refractivity contribution in [1.82, 2.24) is 9.88 Å². The van der Waals surface area contributed by atoms with E-state index < -0.39 is 5.60 Å². The number of aliphatic hydroxyl groups is 1. The molecule has 5 nitrogen and oxygen atoms in total. The van der Waals surface area contributed by atoms with Crippen molar-refractivity contribution < 1.29 is 9.90 Å². The van der Waals surface area contributed by atoms with Crippen molar-refractivity contribution in [1.29, 1.82) is 0 Å². The third kappa shape index (κ3) is 3.78. The van der Waals surface area contributed by atoms with Crippen LogP contribution in [0.25, 0.3) is 0 Å². The number of nitrogens with two attached hydrogens (primary N) is 1. The highest BCUT2D eigenvalue weighted by Crippen LogP contribution is 2.12. The Morgan fingerprint density at radius 2 is 2.29 bits per heavy atom. The lowest BCUT2D eigenvalue weighted by Gasteiger charge is -2.22. The van der Waals surface area contributed by atoms with E-state index in [4.69, 9.17) is 5.73 Å². The molecule has 1 heterocycles. The molecule has 96 valence electrons. The fourth-order valence-electron chi connectivity index (χ4n) is 1.80. The molecule has 0 saturated carbocycles. The van der Waals surface area contributed by atoms with Crippen molar-refractivity contribution in [3.8, 4) is 0 Å². The summed E-state index contributed by atoms with van der Waals surface area (Å²) in [5.74, 6) is -0.222. The number of carbonyl (C=O) groups is 1. The molecular weight excluding hydrogens is 218 g/mol. The number of aryl methyl sites for hydroxylation is 1. The second kappa shape index (κ2) is 5.23. The lowest BCUT2D eigenvalue weighted by Crippen LogP contribution is -2.40. The number of rotatable bonds is 5. The summed E-state index contributed by atoms with van der Waals surface area (Å²) in [5.41, 5.74) is 5.79. The van der Waals surface area contributed by atoms with E-state index in [2.05, 4.69) is 5.32 Å².